The fourth-order valence-electron chi connectivity index (χ4n) is 3.06. The van der Waals surface area contributed by atoms with Crippen LogP contribution in [0.5, 0.6) is 5.75 Å². The van der Waals surface area contributed by atoms with E-state index in [2.05, 4.69) is 5.32 Å². The van der Waals surface area contributed by atoms with Gasteiger partial charge in [0, 0.05) is 18.3 Å². The van der Waals surface area contributed by atoms with Crippen LogP contribution in [0.2, 0.25) is 0 Å². The Kier molecular flexibility index (Phi) is 7.41. The molecule has 7 heteroatoms. The van der Waals surface area contributed by atoms with Gasteiger partial charge < -0.3 is 15.0 Å². The van der Waals surface area contributed by atoms with Gasteiger partial charge in [-0.05, 0) is 61.4 Å². The minimum absolute atomic E-state index is 0.113. The number of urea groups is 1. The fourth-order valence-corrected chi connectivity index (χ4v) is 3.06. The van der Waals surface area contributed by atoms with E-state index in [0.29, 0.717) is 18.8 Å². The van der Waals surface area contributed by atoms with E-state index >= 15 is 0 Å². The first-order valence-electron chi connectivity index (χ1n) is 10.2. The van der Waals surface area contributed by atoms with E-state index < -0.39 is 11.7 Å². The van der Waals surface area contributed by atoms with Crippen molar-refractivity contribution in [3.8, 4) is 5.75 Å². The van der Waals surface area contributed by atoms with E-state index in [0.717, 1.165) is 29.0 Å². The summed E-state index contributed by atoms with van der Waals surface area (Å²) in [6.45, 7) is 4.57. The van der Waals surface area contributed by atoms with Crippen molar-refractivity contribution >= 4 is 11.7 Å². The Hall–Kier alpha value is -3.48. The van der Waals surface area contributed by atoms with E-state index in [1.165, 1.54) is 12.1 Å². The van der Waals surface area contributed by atoms with Crippen molar-refractivity contribution in [1.29, 1.82) is 0 Å². The molecule has 0 radical (unpaired) electrons. The van der Waals surface area contributed by atoms with Gasteiger partial charge in [-0.15, -0.1) is 0 Å². The predicted molar refractivity (Wildman–Crippen MR) is 118 cm³/mol. The topological polar surface area (TPSA) is 41.6 Å². The number of anilines is 1. The number of nitrogens with zero attached hydrogens (tertiary/aromatic N) is 1. The Morgan fingerprint density at radius 1 is 0.906 bits per heavy atom. The lowest BCUT2D eigenvalue weighted by Crippen LogP contribution is -2.39. The Morgan fingerprint density at radius 2 is 1.53 bits per heavy atom. The largest absolute Gasteiger partial charge is 0.489 e. The third kappa shape index (κ3) is 6.51. The smallest absolute Gasteiger partial charge is 0.416 e. The minimum Gasteiger partial charge on any atom is -0.489 e. The molecule has 0 atom stereocenters. The maximum Gasteiger partial charge on any atom is 0.416 e. The summed E-state index contributed by atoms with van der Waals surface area (Å²) in [5, 5.41) is 2.67. The molecule has 2 amide bonds. The van der Waals surface area contributed by atoms with Gasteiger partial charge in [-0.2, -0.15) is 13.2 Å². The van der Waals surface area contributed by atoms with Crippen molar-refractivity contribution in [3.05, 3.63) is 95.6 Å². The van der Waals surface area contributed by atoms with Crippen LogP contribution < -0.4 is 10.1 Å². The Morgan fingerprint density at radius 3 is 2.09 bits per heavy atom. The second kappa shape index (κ2) is 10.2. The van der Waals surface area contributed by atoms with E-state index in [1.807, 2.05) is 68.4 Å². The molecule has 0 unspecified atom stereocenters. The molecule has 3 rings (SSSR count). The summed E-state index contributed by atoms with van der Waals surface area (Å²) < 4.78 is 43.9. The van der Waals surface area contributed by atoms with Crippen LogP contribution in [0.1, 0.15) is 30.5 Å². The molecule has 0 saturated carbocycles. The Balaban J connectivity index is 1.60. The number of ether oxygens (including phenoxy) is 1. The first-order chi connectivity index (χ1) is 15.2. The average molecular weight is 442 g/mol. The number of carbonyl (C=O) groups is 1. The van der Waals surface area contributed by atoms with E-state index in [9.17, 15) is 18.0 Å². The van der Waals surface area contributed by atoms with Crippen LogP contribution in [-0.2, 0) is 19.3 Å². The number of rotatable bonds is 7. The molecule has 0 aliphatic heterocycles. The van der Waals surface area contributed by atoms with Gasteiger partial charge >= 0.3 is 12.2 Å². The summed E-state index contributed by atoms with van der Waals surface area (Å²) in [6, 6.07) is 21.2. The molecule has 0 bridgehead atoms. The van der Waals surface area contributed by atoms with Crippen LogP contribution >= 0.6 is 0 Å². The monoisotopic (exact) mass is 442 g/mol. The second-order valence-electron chi connectivity index (χ2n) is 7.65. The van der Waals surface area contributed by atoms with Gasteiger partial charge in [0.15, 0.2) is 0 Å². The first kappa shape index (κ1) is 23.2. The van der Waals surface area contributed by atoms with Gasteiger partial charge in [-0.25, -0.2) is 4.79 Å². The summed E-state index contributed by atoms with van der Waals surface area (Å²) in [4.78, 5) is 14.3. The van der Waals surface area contributed by atoms with Crippen LogP contribution in [0.25, 0.3) is 0 Å². The standard InChI is InChI=1S/C25H25F3N2O2/c1-18(2)30(24(31)29-22-12-10-21(11-13-22)25(26,27)28)16-19-8-14-23(15-9-19)32-17-20-6-4-3-5-7-20/h3-15,18H,16-17H2,1-2H3,(H,29,31). The maximum atomic E-state index is 12.7. The van der Waals surface area contributed by atoms with E-state index in [1.54, 1.807) is 4.90 Å². The van der Waals surface area contributed by atoms with Crippen molar-refractivity contribution < 1.29 is 22.7 Å². The zero-order valence-corrected chi connectivity index (χ0v) is 17.9. The van der Waals surface area contributed by atoms with Crippen molar-refractivity contribution in [3.63, 3.8) is 0 Å². The van der Waals surface area contributed by atoms with Gasteiger partial charge in [-0.3, -0.25) is 0 Å². The van der Waals surface area contributed by atoms with Gasteiger partial charge in [-0.1, -0.05) is 42.5 Å². The van der Waals surface area contributed by atoms with Gasteiger partial charge in [0.25, 0.3) is 0 Å². The average Bonchev–Trinajstić information content (AvgIpc) is 2.77. The predicted octanol–water partition coefficient (Wildman–Crippen LogP) is 6.73. The summed E-state index contributed by atoms with van der Waals surface area (Å²) in [6.07, 6.45) is -4.41. The lowest BCUT2D eigenvalue weighted by atomic mass is 10.2. The number of amides is 2. The molecule has 3 aromatic carbocycles. The zero-order valence-electron chi connectivity index (χ0n) is 17.9. The van der Waals surface area contributed by atoms with Crippen LogP contribution in [0, 0.1) is 0 Å². The zero-order chi connectivity index (χ0) is 23.1. The summed E-state index contributed by atoms with van der Waals surface area (Å²) >= 11 is 0. The van der Waals surface area contributed by atoms with Crippen molar-refractivity contribution in [2.75, 3.05) is 5.32 Å². The number of hydrogen-bond donors (Lipinski definition) is 1. The molecule has 0 aliphatic carbocycles. The summed E-state index contributed by atoms with van der Waals surface area (Å²) in [7, 11) is 0. The number of hydrogen-bond acceptors (Lipinski definition) is 2. The quantitative estimate of drug-likeness (QED) is 0.441. The van der Waals surface area contributed by atoms with Crippen LogP contribution in [0.3, 0.4) is 0 Å². The molecule has 1 N–H and O–H groups in total. The normalized spacial score (nSPS) is 11.3. The number of nitrogens with one attached hydrogen (secondary N) is 1. The molecule has 0 spiro atoms. The van der Waals surface area contributed by atoms with Crippen LogP contribution in [0.4, 0.5) is 23.7 Å². The van der Waals surface area contributed by atoms with Gasteiger partial charge in [0.2, 0.25) is 0 Å². The Bertz CT molecular complexity index is 1000. The molecule has 0 heterocycles. The van der Waals surface area contributed by atoms with E-state index in [-0.39, 0.29) is 12.1 Å². The van der Waals surface area contributed by atoms with Crippen LogP contribution in [0.15, 0.2) is 78.9 Å². The molecule has 168 valence electrons. The molecular formula is C25H25F3N2O2. The maximum absolute atomic E-state index is 12.7. The highest BCUT2D eigenvalue weighted by molar-refractivity contribution is 5.89. The Labute approximate surface area is 185 Å². The lowest BCUT2D eigenvalue weighted by Gasteiger charge is -2.27. The molecule has 0 aliphatic rings. The molecule has 32 heavy (non-hydrogen) atoms. The third-order valence-corrected chi connectivity index (χ3v) is 4.87. The summed E-state index contributed by atoms with van der Waals surface area (Å²) in [5.41, 5.74) is 1.53. The highest BCUT2D eigenvalue weighted by atomic mass is 19.4. The SMILES string of the molecule is CC(C)N(Cc1ccc(OCc2ccccc2)cc1)C(=O)Nc1ccc(C(F)(F)F)cc1. The number of halogens is 3. The van der Waals surface area contributed by atoms with Gasteiger partial charge in [0.1, 0.15) is 12.4 Å². The van der Waals surface area contributed by atoms with Gasteiger partial charge in [0.05, 0.1) is 5.56 Å². The lowest BCUT2D eigenvalue weighted by molar-refractivity contribution is -0.137. The fraction of sp³-hybridized carbons (Fsp3) is 0.240. The molecule has 3 aromatic rings. The van der Waals surface area contributed by atoms with E-state index in [4.69, 9.17) is 4.74 Å². The number of alkyl halides is 3. The first-order valence-corrected chi connectivity index (χ1v) is 10.2. The molecule has 4 nitrogen and oxygen atoms in total. The summed E-state index contributed by atoms with van der Waals surface area (Å²) in [5.74, 6) is 0.725. The molecular weight excluding hydrogens is 417 g/mol. The third-order valence-electron chi connectivity index (χ3n) is 4.87. The molecule has 0 saturated heterocycles. The number of carbonyl (C=O) groups excluding carboxylic acids is 1. The highest BCUT2D eigenvalue weighted by Crippen LogP contribution is 2.30. The minimum atomic E-state index is -4.41. The molecule has 0 fully saturated rings. The highest BCUT2D eigenvalue weighted by Gasteiger charge is 2.30. The van der Waals surface area contributed by atoms with Crippen LogP contribution in [-0.4, -0.2) is 17.0 Å². The van der Waals surface area contributed by atoms with Crippen molar-refractivity contribution in [2.45, 2.75) is 39.2 Å². The van der Waals surface area contributed by atoms with Crippen molar-refractivity contribution in [2.24, 2.45) is 0 Å². The number of benzene rings is 3. The second-order valence-corrected chi connectivity index (χ2v) is 7.65. The van der Waals surface area contributed by atoms with Crippen molar-refractivity contribution in [1.82, 2.24) is 4.90 Å². The molecule has 0 aromatic heterocycles.